The van der Waals surface area contributed by atoms with Crippen molar-refractivity contribution in [3.63, 3.8) is 0 Å². The van der Waals surface area contributed by atoms with E-state index in [1.54, 1.807) is 12.1 Å². The molecule has 21 heavy (non-hydrogen) atoms. The van der Waals surface area contributed by atoms with E-state index in [1.165, 1.54) is 0 Å². The molecule has 0 radical (unpaired) electrons. The average molecular weight is 400 g/mol. The minimum Gasteiger partial charge on any atom is -0.478 e. The molecule has 0 aromatic heterocycles. The van der Waals surface area contributed by atoms with E-state index in [4.69, 9.17) is 5.11 Å². The van der Waals surface area contributed by atoms with Crippen molar-refractivity contribution in [1.29, 1.82) is 0 Å². The van der Waals surface area contributed by atoms with Gasteiger partial charge in [-0.3, -0.25) is 4.90 Å². The first-order valence-corrected chi connectivity index (χ1v) is 7.25. The number of rotatable bonds is 3. The molecule has 1 saturated heterocycles. The summed E-state index contributed by atoms with van der Waals surface area (Å²) < 4.78 is 0.867. The molecule has 2 rings (SSSR count). The van der Waals surface area contributed by atoms with E-state index in [1.807, 2.05) is 6.07 Å². The summed E-state index contributed by atoms with van der Waals surface area (Å²) >= 11 is 3.47. The second kappa shape index (κ2) is 8.96. The Morgan fingerprint density at radius 2 is 1.90 bits per heavy atom. The molecule has 1 aromatic carbocycles. The van der Waals surface area contributed by atoms with Gasteiger partial charge in [0.1, 0.15) is 0 Å². The lowest BCUT2D eigenvalue weighted by atomic mass is 10.1. The van der Waals surface area contributed by atoms with Crippen LogP contribution < -0.4 is 5.32 Å². The summed E-state index contributed by atoms with van der Waals surface area (Å²) in [5.74, 6) is -0.892. The van der Waals surface area contributed by atoms with Crippen LogP contribution in [0.3, 0.4) is 0 Å². The Bertz CT molecular complexity index is 478. The van der Waals surface area contributed by atoms with Crippen LogP contribution in [0.2, 0.25) is 0 Å². The van der Waals surface area contributed by atoms with Gasteiger partial charge in [0.15, 0.2) is 0 Å². The standard InChI is InChI=1S/C14H19BrN2O2.2ClH/c1-9-6-17(7-10(2)16-9)8-12-4-3-11(14(18)19)5-13(12)15;;/h3-5,9-10,16H,6-8H2,1-2H3,(H,18,19);2*1H/t9-,10+;;. The number of aromatic carboxylic acids is 1. The highest BCUT2D eigenvalue weighted by Gasteiger charge is 2.21. The fraction of sp³-hybridized carbons (Fsp3) is 0.500. The fourth-order valence-electron chi connectivity index (χ4n) is 2.62. The van der Waals surface area contributed by atoms with E-state index in [0.717, 1.165) is 29.7 Å². The zero-order chi connectivity index (χ0) is 14.0. The predicted octanol–water partition coefficient (Wildman–Crippen LogP) is 3.17. The third-order valence-corrected chi connectivity index (χ3v) is 4.07. The lowest BCUT2D eigenvalue weighted by Crippen LogP contribution is -2.53. The second-order valence-corrected chi connectivity index (χ2v) is 6.13. The first-order chi connectivity index (χ1) is 8.95. The van der Waals surface area contributed by atoms with Gasteiger partial charge in [0.2, 0.25) is 0 Å². The molecule has 2 atom stereocenters. The van der Waals surface area contributed by atoms with Crippen molar-refractivity contribution in [2.24, 2.45) is 0 Å². The second-order valence-electron chi connectivity index (χ2n) is 5.27. The molecular formula is C14H21BrCl2N2O2. The molecule has 0 unspecified atom stereocenters. The molecule has 4 nitrogen and oxygen atoms in total. The summed E-state index contributed by atoms with van der Waals surface area (Å²) in [4.78, 5) is 13.3. The highest BCUT2D eigenvalue weighted by atomic mass is 79.9. The van der Waals surface area contributed by atoms with Crippen LogP contribution in [-0.2, 0) is 6.54 Å². The summed E-state index contributed by atoms with van der Waals surface area (Å²) in [6.45, 7) is 7.24. The molecule has 0 bridgehead atoms. The number of carbonyl (C=O) groups is 1. The first-order valence-electron chi connectivity index (χ1n) is 6.46. The number of nitrogens with one attached hydrogen (secondary N) is 1. The van der Waals surface area contributed by atoms with E-state index in [9.17, 15) is 4.79 Å². The van der Waals surface area contributed by atoms with Gasteiger partial charge in [-0.05, 0) is 31.5 Å². The number of piperazine rings is 1. The van der Waals surface area contributed by atoms with Crippen LogP contribution in [0.15, 0.2) is 22.7 Å². The molecule has 0 spiro atoms. The number of hydrogen-bond acceptors (Lipinski definition) is 3. The zero-order valence-corrected chi connectivity index (χ0v) is 15.2. The van der Waals surface area contributed by atoms with E-state index < -0.39 is 5.97 Å². The smallest absolute Gasteiger partial charge is 0.335 e. The molecule has 1 aromatic rings. The molecule has 0 aliphatic carbocycles. The third-order valence-electron chi connectivity index (χ3n) is 3.33. The molecule has 2 N–H and O–H groups in total. The Kier molecular flexibility index (Phi) is 8.81. The SMILES string of the molecule is C[C@@H]1CN(Cc2ccc(C(=O)O)cc2Br)C[C@H](C)N1.Cl.Cl. The molecule has 120 valence electrons. The van der Waals surface area contributed by atoms with Crippen LogP contribution in [0.4, 0.5) is 0 Å². The number of benzene rings is 1. The van der Waals surface area contributed by atoms with Crippen molar-refractivity contribution in [3.8, 4) is 0 Å². The van der Waals surface area contributed by atoms with Crippen molar-refractivity contribution in [2.75, 3.05) is 13.1 Å². The molecule has 7 heteroatoms. The molecular weight excluding hydrogens is 379 g/mol. The summed E-state index contributed by atoms with van der Waals surface area (Å²) in [5.41, 5.74) is 1.45. The quantitative estimate of drug-likeness (QED) is 0.819. The van der Waals surface area contributed by atoms with Crippen LogP contribution in [0.25, 0.3) is 0 Å². The Morgan fingerprint density at radius 1 is 1.33 bits per heavy atom. The minimum absolute atomic E-state index is 0. The number of nitrogens with zero attached hydrogens (tertiary/aromatic N) is 1. The van der Waals surface area contributed by atoms with Gasteiger partial charge >= 0.3 is 5.97 Å². The van der Waals surface area contributed by atoms with E-state index >= 15 is 0 Å². The molecule has 0 saturated carbocycles. The highest BCUT2D eigenvalue weighted by molar-refractivity contribution is 9.10. The minimum atomic E-state index is -0.892. The Morgan fingerprint density at radius 3 is 2.38 bits per heavy atom. The lowest BCUT2D eigenvalue weighted by molar-refractivity contribution is 0.0697. The topological polar surface area (TPSA) is 52.6 Å². The zero-order valence-electron chi connectivity index (χ0n) is 12.0. The van der Waals surface area contributed by atoms with Gasteiger partial charge in [-0.25, -0.2) is 4.79 Å². The van der Waals surface area contributed by atoms with Gasteiger partial charge in [-0.1, -0.05) is 22.0 Å². The van der Waals surface area contributed by atoms with Crippen LogP contribution >= 0.6 is 40.7 Å². The number of carboxylic acid groups (broad SMARTS) is 1. The maximum atomic E-state index is 10.9. The number of halogens is 3. The molecule has 0 amide bonds. The molecule has 1 heterocycles. The molecule has 1 aliphatic rings. The van der Waals surface area contributed by atoms with Crippen LogP contribution in [0.5, 0.6) is 0 Å². The lowest BCUT2D eigenvalue weighted by Gasteiger charge is -2.36. The monoisotopic (exact) mass is 398 g/mol. The summed E-state index contributed by atoms with van der Waals surface area (Å²) in [5, 5.41) is 12.5. The van der Waals surface area contributed by atoms with E-state index in [0.29, 0.717) is 17.6 Å². The number of carboxylic acids is 1. The normalized spacial score (nSPS) is 22.0. The van der Waals surface area contributed by atoms with Crippen LogP contribution in [-0.4, -0.2) is 41.1 Å². The maximum Gasteiger partial charge on any atom is 0.335 e. The first kappa shape index (κ1) is 20.7. The van der Waals surface area contributed by atoms with Crippen LogP contribution in [0.1, 0.15) is 29.8 Å². The third kappa shape index (κ3) is 5.75. The van der Waals surface area contributed by atoms with E-state index in [2.05, 4.69) is 40.0 Å². The van der Waals surface area contributed by atoms with Crippen LogP contribution in [0, 0.1) is 0 Å². The Labute approximate surface area is 146 Å². The van der Waals surface area contributed by atoms with Gasteiger partial charge in [-0.15, -0.1) is 24.8 Å². The Hall–Kier alpha value is -0.330. The van der Waals surface area contributed by atoms with Gasteiger partial charge in [-0.2, -0.15) is 0 Å². The van der Waals surface area contributed by atoms with Gasteiger partial charge in [0.25, 0.3) is 0 Å². The average Bonchev–Trinajstić information content (AvgIpc) is 2.30. The van der Waals surface area contributed by atoms with Crippen molar-refractivity contribution < 1.29 is 9.90 Å². The van der Waals surface area contributed by atoms with Gasteiger partial charge < -0.3 is 10.4 Å². The molecule has 1 fully saturated rings. The predicted molar refractivity (Wildman–Crippen MR) is 92.9 cm³/mol. The fourth-order valence-corrected chi connectivity index (χ4v) is 3.12. The van der Waals surface area contributed by atoms with Crippen molar-refractivity contribution in [2.45, 2.75) is 32.5 Å². The Balaban J connectivity index is 0.00000200. The summed E-state index contributed by atoms with van der Waals surface area (Å²) in [6.07, 6.45) is 0. The van der Waals surface area contributed by atoms with Crippen molar-refractivity contribution in [1.82, 2.24) is 10.2 Å². The van der Waals surface area contributed by atoms with Gasteiger partial charge in [0, 0.05) is 36.2 Å². The summed E-state index contributed by atoms with van der Waals surface area (Å²) in [6, 6.07) is 6.20. The summed E-state index contributed by atoms with van der Waals surface area (Å²) in [7, 11) is 0. The van der Waals surface area contributed by atoms with Gasteiger partial charge in [0.05, 0.1) is 5.56 Å². The molecule has 1 aliphatic heterocycles. The maximum absolute atomic E-state index is 10.9. The van der Waals surface area contributed by atoms with Crippen molar-refractivity contribution >= 4 is 46.7 Å². The number of hydrogen-bond donors (Lipinski definition) is 2. The largest absolute Gasteiger partial charge is 0.478 e. The van der Waals surface area contributed by atoms with Crippen molar-refractivity contribution in [3.05, 3.63) is 33.8 Å². The highest BCUT2D eigenvalue weighted by Crippen LogP contribution is 2.21. The van der Waals surface area contributed by atoms with E-state index in [-0.39, 0.29) is 24.8 Å².